The van der Waals surface area contributed by atoms with Crippen molar-refractivity contribution in [2.45, 2.75) is 20.0 Å². The smallest absolute Gasteiger partial charge is 0.256 e. The van der Waals surface area contributed by atoms with Crippen LogP contribution in [0.25, 0.3) is 0 Å². The lowest BCUT2D eigenvalue weighted by Crippen LogP contribution is -2.06. The maximum absolute atomic E-state index is 5.45. The van der Waals surface area contributed by atoms with Gasteiger partial charge in [-0.1, -0.05) is 0 Å². The highest BCUT2D eigenvalue weighted by Crippen LogP contribution is 2.23. The van der Waals surface area contributed by atoms with Crippen LogP contribution in [-0.4, -0.2) is 18.2 Å². The first-order chi connectivity index (χ1) is 5.74. The molecule has 1 rings (SSSR count). The number of rotatable bonds is 3. The summed E-state index contributed by atoms with van der Waals surface area (Å²) in [5.41, 5.74) is 0. The van der Waals surface area contributed by atoms with Crippen LogP contribution in [0, 0.1) is 0 Å². The summed E-state index contributed by atoms with van der Waals surface area (Å²) in [6.07, 6.45) is 1.81. The largest absolute Gasteiger partial charge is 0.485 e. The highest BCUT2D eigenvalue weighted by molar-refractivity contribution is 5.32. The molecule has 1 aromatic rings. The third kappa shape index (κ3) is 2.12. The van der Waals surface area contributed by atoms with Gasteiger partial charge in [0.2, 0.25) is 0 Å². The zero-order chi connectivity index (χ0) is 8.97. The van der Waals surface area contributed by atoms with E-state index in [2.05, 4.69) is 4.98 Å². The van der Waals surface area contributed by atoms with E-state index in [9.17, 15) is 0 Å². The van der Waals surface area contributed by atoms with Crippen LogP contribution in [0.15, 0.2) is 18.3 Å². The number of aromatic nitrogens is 1. The average molecular weight is 167 g/mol. The highest BCUT2D eigenvalue weighted by atomic mass is 16.5. The summed E-state index contributed by atoms with van der Waals surface area (Å²) < 4.78 is 10.5. The third-order valence-corrected chi connectivity index (χ3v) is 1.29. The zero-order valence-electron chi connectivity index (χ0n) is 7.57. The van der Waals surface area contributed by atoms with E-state index >= 15 is 0 Å². The predicted octanol–water partition coefficient (Wildman–Crippen LogP) is 1.88. The molecule has 0 fully saturated rings. The van der Waals surface area contributed by atoms with Gasteiger partial charge in [-0.25, -0.2) is 4.98 Å². The van der Waals surface area contributed by atoms with Crippen LogP contribution in [0.2, 0.25) is 0 Å². The summed E-state index contributed by atoms with van der Waals surface area (Å²) in [5, 5.41) is 0. The van der Waals surface area contributed by atoms with Crippen LogP contribution in [0.3, 0.4) is 0 Å². The van der Waals surface area contributed by atoms with Gasteiger partial charge in [-0.3, -0.25) is 0 Å². The minimum Gasteiger partial charge on any atom is -0.485 e. The molecular weight excluding hydrogens is 154 g/mol. The fourth-order valence-electron chi connectivity index (χ4n) is 0.873. The molecule has 0 aromatic carbocycles. The van der Waals surface area contributed by atoms with Crippen molar-refractivity contribution < 1.29 is 9.47 Å². The molecule has 0 unspecified atom stereocenters. The Bertz CT molecular complexity index is 248. The Balaban J connectivity index is 2.82. The van der Waals surface area contributed by atoms with Crippen molar-refractivity contribution in [1.82, 2.24) is 4.98 Å². The quantitative estimate of drug-likeness (QED) is 0.688. The molecule has 3 nitrogen and oxygen atoms in total. The van der Waals surface area contributed by atoms with Crippen LogP contribution in [0.5, 0.6) is 11.6 Å². The van der Waals surface area contributed by atoms with Gasteiger partial charge in [0.25, 0.3) is 5.88 Å². The number of hydrogen-bond donors (Lipinski definition) is 0. The Morgan fingerprint density at radius 3 is 2.75 bits per heavy atom. The first-order valence-corrected chi connectivity index (χ1v) is 3.89. The molecule has 3 heteroatoms. The van der Waals surface area contributed by atoms with Crippen molar-refractivity contribution in [2.24, 2.45) is 0 Å². The summed E-state index contributed by atoms with van der Waals surface area (Å²) in [5.74, 6) is 1.22. The SMILES string of the molecule is COc1ncccc1OC(C)C. The molecule has 0 radical (unpaired) electrons. The normalized spacial score (nSPS) is 10.0. The minimum absolute atomic E-state index is 0.142. The molecule has 0 saturated carbocycles. The monoisotopic (exact) mass is 167 g/mol. The summed E-state index contributed by atoms with van der Waals surface area (Å²) in [6.45, 7) is 3.93. The van der Waals surface area contributed by atoms with Crippen LogP contribution in [0.1, 0.15) is 13.8 Å². The number of pyridine rings is 1. The second kappa shape index (κ2) is 3.95. The average Bonchev–Trinajstić information content (AvgIpc) is 2.04. The summed E-state index contributed by atoms with van der Waals surface area (Å²) in [4.78, 5) is 4.00. The van der Waals surface area contributed by atoms with Gasteiger partial charge < -0.3 is 9.47 Å². The number of ether oxygens (including phenoxy) is 2. The van der Waals surface area contributed by atoms with Crippen molar-refractivity contribution in [3.05, 3.63) is 18.3 Å². The van der Waals surface area contributed by atoms with Gasteiger partial charge >= 0.3 is 0 Å². The number of nitrogens with zero attached hydrogens (tertiary/aromatic N) is 1. The van der Waals surface area contributed by atoms with E-state index in [1.54, 1.807) is 13.3 Å². The molecule has 1 aromatic heterocycles. The summed E-state index contributed by atoms with van der Waals surface area (Å²) >= 11 is 0. The molecule has 0 spiro atoms. The minimum atomic E-state index is 0.142. The molecule has 0 aliphatic carbocycles. The fourth-order valence-corrected chi connectivity index (χ4v) is 0.873. The van der Waals surface area contributed by atoms with Crippen molar-refractivity contribution in [3.63, 3.8) is 0 Å². The van der Waals surface area contributed by atoms with Gasteiger partial charge in [-0.2, -0.15) is 0 Å². The van der Waals surface area contributed by atoms with E-state index in [0.29, 0.717) is 11.6 Å². The molecule has 0 N–H and O–H groups in total. The molecule has 12 heavy (non-hydrogen) atoms. The van der Waals surface area contributed by atoms with Crippen molar-refractivity contribution in [2.75, 3.05) is 7.11 Å². The predicted molar refractivity (Wildman–Crippen MR) is 46.6 cm³/mol. The van der Waals surface area contributed by atoms with E-state index in [0.717, 1.165) is 0 Å². The first kappa shape index (κ1) is 8.84. The highest BCUT2D eigenvalue weighted by Gasteiger charge is 2.04. The lowest BCUT2D eigenvalue weighted by atomic mass is 10.4. The van der Waals surface area contributed by atoms with E-state index in [1.807, 2.05) is 26.0 Å². The van der Waals surface area contributed by atoms with E-state index in [-0.39, 0.29) is 6.10 Å². The molecule has 0 aliphatic heterocycles. The Morgan fingerprint density at radius 2 is 2.17 bits per heavy atom. The second-order valence-electron chi connectivity index (χ2n) is 2.68. The van der Waals surface area contributed by atoms with Crippen LogP contribution >= 0.6 is 0 Å². The molecule has 0 aliphatic rings. The maximum Gasteiger partial charge on any atom is 0.256 e. The Labute approximate surface area is 72.3 Å². The molecule has 1 heterocycles. The molecule has 66 valence electrons. The Kier molecular flexibility index (Phi) is 2.91. The van der Waals surface area contributed by atoms with Gasteiger partial charge in [0.15, 0.2) is 5.75 Å². The van der Waals surface area contributed by atoms with Crippen LogP contribution < -0.4 is 9.47 Å². The van der Waals surface area contributed by atoms with E-state index in [4.69, 9.17) is 9.47 Å². The van der Waals surface area contributed by atoms with E-state index < -0.39 is 0 Å². The van der Waals surface area contributed by atoms with Gasteiger partial charge in [0.1, 0.15) is 0 Å². The van der Waals surface area contributed by atoms with Crippen molar-refractivity contribution in [1.29, 1.82) is 0 Å². The fraction of sp³-hybridized carbons (Fsp3) is 0.444. The topological polar surface area (TPSA) is 31.4 Å². The number of hydrogen-bond acceptors (Lipinski definition) is 3. The van der Waals surface area contributed by atoms with Gasteiger partial charge in [-0.05, 0) is 26.0 Å². The molecular formula is C9H13NO2. The van der Waals surface area contributed by atoms with Gasteiger partial charge in [-0.15, -0.1) is 0 Å². The summed E-state index contributed by atoms with van der Waals surface area (Å²) in [6, 6.07) is 3.66. The third-order valence-electron chi connectivity index (χ3n) is 1.29. The number of methoxy groups -OCH3 is 1. The summed E-state index contributed by atoms with van der Waals surface area (Å²) in [7, 11) is 1.58. The van der Waals surface area contributed by atoms with Gasteiger partial charge in [0, 0.05) is 6.20 Å². The second-order valence-corrected chi connectivity index (χ2v) is 2.68. The maximum atomic E-state index is 5.45. The molecule has 0 amide bonds. The van der Waals surface area contributed by atoms with E-state index in [1.165, 1.54) is 0 Å². The van der Waals surface area contributed by atoms with Gasteiger partial charge in [0.05, 0.1) is 13.2 Å². The first-order valence-electron chi connectivity index (χ1n) is 3.89. The van der Waals surface area contributed by atoms with Crippen LogP contribution in [-0.2, 0) is 0 Å². The molecule has 0 atom stereocenters. The Hall–Kier alpha value is -1.25. The van der Waals surface area contributed by atoms with Crippen LogP contribution in [0.4, 0.5) is 0 Å². The van der Waals surface area contributed by atoms with Crippen molar-refractivity contribution >= 4 is 0 Å². The standard InChI is InChI=1S/C9H13NO2/c1-7(2)12-8-5-4-6-10-9(8)11-3/h4-7H,1-3H3. The zero-order valence-corrected chi connectivity index (χ0v) is 7.57. The molecule has 0 bridgehead atoms. The lowest BCUT2D eigenvalue weighted by molar-refractivity contribution is 0.227. The molecule has 0 saturated heterocycles. The lowest BCUT2D eigenvalue weighted by Gasteiger charge is -2.11. The van der Waals surface area contributed by atoms with Crippen molar-refractivity contribution in [3.8, 4) is 11.6 Å². The Morgan fingerprint density at radius 1 is 1.42 bits per heavy atom.